The van der Waals surface area contributed by atoms with Crippen molar-refractivity contribution in [3.05, 3.63) is 28.3 Å². The minimum Gasteiger partial charge on any atom is -0.493 e. The summed E-state index contributed by atoms with van der Waals surface area (Å²) in [5, 5.41) is 13.5. The van der Waals surface area contributed by atoms with Gasteiger partial charge in [-0.2, -0.15) is 0 Å². The summed E-state index contributed by atoms with van der Waals surface area (Å²) in [5.74, 6) is 0.961. The second kappa shape index (κ2) is 5.47. The summed E-state index contributed by atoms with van der Waals surface area (Å²) in [5.41, 5.74) is 2.00. The summed E-state index contributed by atoms with van der Waals surface area (Å²) in [6.45, 7) is 5.58. The molecule has 0 fully saturated rings. The van der Waals surface area contributed by atoms with Gasteiger partial charge in [-0.1, -0.05) is 18.5 Å². The van der Waals surface area contributed by atoms with Gasteiger partial charge < -0.3 is 15.2 Å². The van der Waals surface area contributed by atoms with Crippen molar-refractivity contribution in [1.29, 1.82) is 0 Å². The van der Waals surface area contributed by atoms with Crippen LogP contribution in [0.3, 0.4) is 0 Å². The van der Waals surface area contributed by atoms with Crippen LogP contribution >= 0.6 is 11.6 Å². The lowest BCUT2D eigenvalue weighted by molar-refractivity contribution is 0.168. The number of hydrogen-bond donors (Lipinski definition) is 2. The van der Waals surface area contributed by atoms with E-state index in [0.717, 1.165) is 35.8 Å². The molecule has 1 aliphatic heterocycles. The Kier molecular flexibility index (Phi) is 4.15. The van der Waals surface area contributed by atoms with Gasteiger partial charge >= 0.3 is 0 Å². The fourth-order valence-electron chi connectivity index (χ4n) is 2.08. The molecule has 0 amide bonds. The quantitative estimate of drug-likeness (QED) is 0.863. The van der Waals surface area contributed by atoms with E-state index in [-0.39, 0.29) is 12.1 Å². The van der Waals surface area contributed by atoms with E-state index in [1.165, 1.54) is 5.56 Å². The van der Waals surface area contributed by atoms with Crippen LogP contribution in [-0.4, -0.2) is 23.9 Å². The number of halogens is 1. The molecule has 4 heteroatoms. The predicted octanol–water partition coefficient (Wildman–Crippen LogP) is 2.53. The van der Waals surface area contributed by atoms with Crippen molar-refractivity contribution in [1.82, 2.24) is 5.32 Å². The third kappa shape index (κ3) is 2.79. The van der Waals surface area contributed by atoms with Gasteiger partial charge in [0.2, 0.25) is 0 Å². The molecule has 1 unspecified atom stereocenters. The van der Waals surface area contributed by atoms with Crippen LogP contribution < -0.4 is 10.1 Å². The van der Waals surface area contributed by atoms with Crippen molar-refractivity contribution in [3.63, 3.8) is 0 Å². The van der Waals surface area contributed by atoms with Crippen LogP contribution in [-0.2, 0) is 13.0 Å². The van der Waals surface area contributed by atoms with E-state index in [2.05, 4.69) is 12.2 Å². The Morgan fingerprint density at radius 2 is 2.28 bits per heavy atom. The topological polar surface area (TPSA) is 41.5 Å². The summed E-state index contributed by atoms with van der Waals surface area (Å²) in [6, 6.07) is 3.91. The molecule has 0 aromatic heterocycles. The normalized spacial score (nSPS) is 17.1. The summed E-state index contributed by atoms with van der Waals surface area (Å²) in [4.78, 5) is 0. The zero-order valence-electron chi connectivity index (χ0n) is 10.9. The highest BCUT2D eigenvalue weighted by Gasteiger charge is 2.22. The molecule has 0 saturated carbocycles. The number of hydrogen-bond acceptors (Lipinski definition) is 3. The molecule has 0 radical (unpaired) electrons. The first-order valence-corrected chi connectivity index (χ1v) is 6.76. The third-order valence-electron chi connectivity index (χ3n) is 3.66. The van der Waals surface area contributed by atoms with E-state index in [0.29, 0.717) is 6.54 Å². The zero-order chi connectivity index (χ0) is 13.2. The van der Waals surface area contributed by atoms with Gasteiger partial charge in [0.15, 0.2) is 0 Å². The SMILES string of the molecule is CCC(C)(CO)NCc1cc(Cl)cc2c1OCC2. The minimum absolute atomic E-state index is 0.118. The van der Waals surface area contributed by atoms with Crippen molar-refractivity contribution < 1.29 is 9.84 Å². The number of rotatable bonds is 5. The average Bonchev–Trinajstić information content (AvgIpc) is 2.83. The molecule has 1 heterocycles. The largest absolute Gasteiger partial charge is 0.493 e. The smallest absolute Gasteiger partial charge is 0.127 e. The standard InChI is InChI=1S/C14H20ClNO2/c1-3-14(2,9-17)16-8-11-7-12(15)6-10-4-5-18-13(10)11/h6-7,16-17H,3-5,8-9H2,1-2H3. The second-order valence-corrected chi connectivity index (χ2v) is 5.51. The van der Waals surface area contributed by atoms with Crippen LogP contribution in [0.4, 0.5) is 0 Å². The van der Waals surface area contributed by atoms with Crippen LogP contribution in [0.15, 0.2) is 12.1 Å². The highest BCUT2D eigenvalue weighted by Crippen LogP contribution is 2.33. The number of aliphatic hydroxyl groups excluding tert-OH is 1. The van der Waals surface area contributed by atoms with Gasteiger partial charge in [-0.05, 0) is 31.0 Å². The number of benzene rings is 1. The Labute approximate surface area is 113 Å². The lowest BCUT2D eigenvalue weighted by atomic mass is 9.99. The van der Waals surface area contributed by atoms with Crippen molar-refractivity contribution in [2.24, 2.45) is 0 Å². The summed E-state index contributed by atoms with van der Waals surface area (Å²) >= 11 is 6.11. The minimum atomic E-state index is -0.256. The Bertz CT molecular complexity index is 430. The number of aliphatic hydroxyl groups is 1. The van der Waals surface area contributed by atoms with Crippen molar-refractivity contribution in [2.75, 3.05) is 13.2 Å². The van der Waals surface area contributed by atoms with Crippen LogP contribution in [0, 0.1) is 0 Å². The van der Waals surface area contributed by atoms with Gasteiger partial charge in [0.1, 0.15) is 5.75 Å². The molecule has 1 aromatic rings. The lowest BCUT2D eigenvalue weighted by Gasteiger charge is -2.27. The molecular weight excluding hydrogens is 250 g/mol. The van der Waals surface area contributed by atoms with E-state index >= 15 is 0 Å². The fourth-order valence-corrected chi connectivity index (χ4v) is 2.34. The number of ether oxygens (including phenoxy) is 1. The van der Waals surface area contributed by atoms with E-state index in [9.17, 15) is 5.11 Å². The average molecular weight is 270 g/mol. The maximum atomic E-state index is 9.39. The molecule has 1 atom stereocenters. The van der Waals surface area contributed by atoms with Gasteiger partial charge in [0.05, 0.1) is 13.2 Å². The van der Waals surface area contributed by atoms with Crippen molar-refractivity contribution >= 4 is 11.6 Å². The maximum absolute atomic E-state index is 9.39. The van der Waals surface area contributed by atoms with Crippen LogP contribution in [0.2, 0.25) is 5.02 Å². The molecule has 100 valence electrons. The molecule has 0 spiro atoms. The first-order chi connectivity index (χ1) is 8.58. The van der Waals surface area contributed by atoms with E-state index in [1.54, 1.807) is 0 Å². The Balaban J connectivity index is 2.15. The Morgan fingerprint density at radius 1 is 1.50 bits per heavy atom. The van der Waals surface area contributed by atoms with E-state index in [4.69, 9.17) is 16.3 Å². The summed E-state index contributed by atoms with van der Waals surface area (Å²) < 4.78 is 5.66. The summed E-state index contributed by atoms with van der Waals surface area (Å²) in [7, 11) is 0. The first kappa shape index (κ1) is 13.7. The molecule has 1 aromatic carbocycles. The van der Waals surface area contributed by atoms with E-state index < -0.39 is 0 Å². The fraction of sp³-hybridized carbons (Fsp3) is 0.571. The van der Waals surface area contributed by atoms with Crippen LogP contribution in [0.5, 0.6) is 5.75 Å². The van der Waals surface area contributed by atoms with Gasteiger partial charge in [-0.3, -0.25) is 0 Å². The zero-order valence-corrected chi connectivity index (χ0v) is 11.7. The molecule has 0 bridgehead atoms. The van der Waals surface area contributed by atoms with E-state index in [1.807, 2.05) is 19.1 Å². The van der Waals surface area contributed by atoms with Crippen LogP contribution in [0.25, 0.3) is 0 Å². The molecule has 0 saturated heterocycles. The predicted molar refractivity (Wildman–Crippen MR) is 73.3 cm³/mol. The molecular formula is C14H20ClNO2. The maximum Gasteiger partial charge on any atom is 0.127 e. The Hall–Kier alpha value is -0.770. The number of fused-ring (bicyclic) bond motifs is 1. The molecule has 0 aliphatic carbocycles. The summed E-state index contributed by atoms with van der Waals surface area (Å²) in [6.07, 6.45) is 1.79. The molecule has 18 heavy (non-hydrogen) atoms. The third-order valence-corrected chi connectivity index (χ3v) is 3.88. The van der Waals surface area contributed by atoms with Crippen molar-refractivity contribution in [3.8, 4) is 5.75 Å². The molecule has 2 N–H and O–H groups in total. The van der Waals surface area contributed by atoms with Gasteiger partial charge in [-0.15, -0.1) is 0 Å². The van der Waals surface area contributed by atoms with Crippen molar-refractivity contribution in [2.45, 2.75) is 38.8 Å². The second-order valence-electron chi connectivity index (χ2n) is 5.08. The Morgan fingerprint density at radius 3 is 2.94 bits per heavy atom. The first-order valence-electron chi connectivity index (χ1n) is 6.38. The highest BCUT2D eigenvalue weighted by molar-refractivity contribution is 6.30. The molecule has 3 nitrogen and oxygen atoms in total. The van der Waals surface area contributed by atoms with Crippen LogP contribution in [0.1, 0.15) is 31.4 Å². The lowest BCUT2D eigenvalue weighted by Crippen LogP contribution is -2.44. The van der Waals surface area contributed by atoms with Gasteiger partial charge in [0, 0.05) is 29.1 Å². The number of nitrogens with one attached hydrogen (secondary N) is 1. The highest BCUT2D eigenvalue weighted by atomic mass is 35.5. The van der Waals surface area contributed by atoms with Gasteiger partial charge in [0.25, 0.3) is 0 Å². The molecule has 1 aliphatic rings. The molecule has 2 rings (SSSR count). The van der Waals surface area contributed by atoms with Gasteiger partial charge in [-0.25, -0.2) is 0 Å². The monoisotopic (exact) mass is 269 g/mol.